The molecule has 2 nitrogen and oxygen atoms in total. The maximum atomic E-state index is 3.51. The van der Waals surface area contributed by atoms with Gasteiger partial charge in [-0.3, -0.25) is 0 Å². The first-order valence-electron chi connectivity index (χ1n) is 5.78. The molecule has 0 aromatic rings. The van der Waals surface area contributed by atoms with Crippen LogP contribution in [0.5, 0.6) is 0 Å². The van der Waals surface area contributed by atoms with Crippen LogP contribution in [0.4, 0.5) is 0 Å². The minimum Gasteiger partial charge on any atom is -0.316 e. The molecule has 0 aromatic heterocycles. The fourth-order valence-electron chi connectivity index (χ4n) is 2.79. The predicted molar refractivity (Wildman–Crippen MR) is 55.9 cm³/mol. The lowest BCUT2D eigenvalue weighted by molar-refractivity contribution is 0.119. The summed E-state index contributed by atoms with van der Waals surface area (Å²) in [7, 11) is 0. The molecular formula is C11H22N2. The number of hydrogen-bond donors (Lipinski definition) is 1. The van der Waals surface area contributed by atoms with Crippen LogP contribution >= 0.6 is 0 Å². The highest BCUT2D eigenvalue weighted by Crippen LogP contribution is 2.36. The Morgan fingerprint density at radius 3 is 2.54 bits per heavy atom. The minimum absolute atomic E-state index is 0.699. The average molecular weight is 182 g/mol. The highest BCUT2D eigenvalue weighted by Gasteiger charge is 2.36. The Morgan fingerprint density at radius 1 is 1.23 bits per heavy atom. The van der Waals surface area contributed by atoms with Gasteiger partial charge in [0.25, 0.3) is 0 Å². The van der Waals surface area contributed by atoms with Gasteiger partial charge in [-0.2, -0.15) is 0 Å². The number of nitrogens with zero attached hydrogens (tertiary/aromatic N) is 1. The fraction of sp³-hybridized carbons (Fsp3) is 1.00. The van der Waals surface area contributed by atoms with Crippen molar-refractivity contribution in [2.45, 2.75) is 32.6 Å². The Morgan fingerprint density at radius 2 is 2.00 bits per heavy atom. The highest BCUT2D eigenvalue weighted by molar-refractivity contribution is 4.91. The number of nitrogens with one attached hydrogen (secondary N) is 1. The molecule has 2 fully saturated rings. The van der Waals surface area contributed by atoms with Gasteiger partial charge in [-0.1, -0.05) is 6.92 Å². The van der Waals surface area contributed by atoms with Crippen molar-refractivity contribution in [1.82, 2.24) is 10.2 Å². The van der Waals surface area contributed by atoms with Crippen LogP contribution in [0.25, 0.3) is 0 Å². The first-order valence-corrected chi connectivity index (χ1v) is 5.78. The van der Waals surface area contributed by atoms with Crippen molar-refractivity contribution < 1.29 is 0 Å². The predicted octanol–water partition coefficient (Wildman–Crippen LogP) is 1.47. The third-order valence-corrected chi connectivity index (χ3v) is 3.79. The summed E-state index contributed by atoms with van der Waals surface area (Å²) in [5.41, 5.74) is 0.699. The first-order chi connectivity index (χ1) is 6.35. The van der Waals surface area contributed by atoms with Gasteiger partial charge in [0, 0.05) is 6.54 Å². The smallest absolute Gasteiger partial charge is 0.000924 e. The van der Waals surface area contributed by atoms with E-state index in [2.05, 4.69) is 17.1 Å². The molecule has 2 saturated heterocycles. The van der Waals surface area contributed by atoms with E-state index in [1.54, 1.807) is 0 Å². The molecule has 13 heavy (non-hydrogen) atoms. The molecule has 0 aromatic carbocycles. The summed E-state index contributed by atoms with van der Waals surface area (Å²) < 4.78 is 0. The summed E-state index contributed by atoms with van der Waals surface area (Å²) in [5.74, 6) is 0. The largest absolute Gasteiger partial charge is 0.316 e. The Hall–Kier alpha value is -0.0800. The Kier molecular flexibility index (Phi) is 2.89. The van der Waals surface area contributed by atoms with Crippen molar-refractivity contribution in [3.05, 3.63) is 0 Å². The van der Waals surface area contributed by atoms with Crippen LogP contribution in [0.1, 0.15) is 32.6 Å². The van der Waals surface area contributed by atoms with Crippen molar-refractivity contribution in [2.24, 2.45) is 5.41 Å². The molecule has 76 valence electrons. The maximum Gasteiger partial charge on any atom is 0.000924 e. The van der Waals surface area contributed by atoms with Crippen molar-refractivity contribution in [3.8, 4) is 0 Å². The third-order valence-electron chi connectivity index (χ3n) is 3.79. The number of likely N-dealkylation sites (tertiary alicyclic amines) is 1. The molecule has 0 amide bonds. The summed E-state index contributed by atoms with van der Waals surface area (Å²) in [6, 6.07) is 0. The van der Waals surface area contributed by atoms with Crippen LogP contribution < -0.4 is 5.32 Å². The minimum atomic E-state index is 0.699. The quantitative estimate of drug-likeness (QED) is 0.696. The topological polar surface area (TPSA) is 15.3 Å². The van der Waals surface area contributed by atoms with Crippen molar-refractivity contribution in [1.29, 1.82) is 0 Å². The number of hydrogen-bond acceptors (Lipinski definition) is 2. The second-order valence-electron chi connectivity index (χ2n) is 4.77. The van der Waals surface area contributed by atoms with E-state index in [1.165, 1.54) is 58.4 Å². The van der Waals surface area contributed by atoms with E-state index in [0.29, 0.717) is 5.41 Å². The van der Waals surface area contributed by atoms with E-state index in [-0.39, 0.29) is 0 Å². The van der Waals surface area contributed by atoms with Crippen molar-refractivity contribution in [3.63, 3.8) is 0 Å². The molecule has 0 radical (unpaired) electrons. The molecule has 0 aliphatic carbocycles. The molecule has 2 heterocycles. The molecule has 2 aliphatic heterocycles. The summed E-state index contributed by atoms with van der Waals surface area (Å²) in [6.45, 7) is 8.82. The molecule has 1 spiro atoms. The molecule has 0 unspecified atom stereocenters. The fourth-order valence-corrected chi connectivity index (χ4v) is 2.79. The number of piperidine rings is 1. The Bertz CT molecular complexity index is 151. The van der Waals surface area contributed by atoms with Gasteiger partial charge < -0.3 is 10.2 Å². The Labute approximate surface area is 81.7 Å². The van der Waals surface area contributed by atoms with Crippen LogP contribution in [-0.4, -0.2) is 37.6 Å². The zero-order valence-corrected chi connectivity index (χ0v) is 8.81. The van der Waals surface area contributed by atoms with Gasteiger partial charge in [0.05, 0.1) is 0 Å². The van der Waals surface area contributed by atoms with E-state index in [4.69, 9.17) is 0 Å². The SMILES string of the molecule is CCCN1CCC2(CCNC2)CC1. The lowest BCUT2D eigenvalue weighted by Crippen LogP contribution is -2.41. The van der Waals surface area contributed by atoms with Gasteiger partial charge in [0.1, 0.15) is 0 Å². The van der Waals surface area contributed by atoms with Crippen LogP contribution in [-0.2, 0) is 0 Å². The first kappa shape index (κ1) is 9.47. The van der Waals surface area contributed by atoms with Gasteiger partial charge >= 0.3 is 0 Å². The van der Waals surface area contributed by atoms with E-state index in [0.717, 1.165) is 0 Å². The molecular weight excluding hydrogens is 160 g/mol. The van der Waals surface area contributed by atoms with E-state index < -0.39 is 0 Å². The van der Waals surface area contributed by atoms with E-state index >= 15 is 0 Å². The van der Waals surface area contributed by atoms with Gasteiger partial charge in [0.15, 0.2) is 0 Å². The monoisotopic (exact) mass is 182 g/mol. The molecule has 0 bridgehead atoms. The average Bonchev–Trinajstić information content (AvgIpc) is 2.59. The van der Waals surface area contributed by atoms with E-state index in [1.807, 2.05) is 0 Å². The van der Waals surface area contributed by atoms with Crippen LogP contribution in [0.3, 0.4) is 0 Å². The lowest BCUT2D eigenvalue weighted by atomic mass is 9.78. The van der Waals surface area contributed by atoms with Gasteiger partial charge in [-0.05, 0) is 57.3 Å². The molecule has 1 N–H and O–H groups in total. The highest BCUT2D eigenvalue weighted by atomic mass is 15.1. The molecule has 0 atom stereocenters. The number of rotatable bonds is 2. The molecule has 0 saturated carbocycles. The second-order valence-corrected chi connectivity index (χ2v) is 4.77. The van der Waals surface area contributed by atoms with Gasteiger partial charge in [0.2, 0.25) is 0 Å². The van der Waals surface area contributed by atoms with Crippen LogP contribution in [0, 0.1) is 5.41 Å². The molecule has 2 aliphatic rings. The van der Waals surface area contributed by atoms with Crippen molar-refractivity contribution in [2.75, 3.05) is 32.7 Å². The third kappa shape index (κ3) is 2.05. The standard InChI is InChI=1S/C11H22N2/c1-2-7-13-8-4-11(5-9-13)3-6-12-10-11/h12H,2-10H2,1H3. The lowest BCUT2D eigenvalue weighted by Gasteiger charge is -2.38. The summed E-state index contributed by atoms with van der Waals surface area (Å²) in [4.78, 5) is 2.63. The second kappa shape index (κ2) is 3.97. The van der Waals surface area contributed by atoms with E-state index in [9.17, 15) is 0 Å². The van der Waals surface area contributed by atoms with Gasteiger partial charge in [-0.25, -0.2) is 0 Å². The van der Waals surface area contributed by atoms with Crippen molar-refractivity contribution >= 4 is 0 Å². The van der Waals surface area contributed by atoms with Gasteiger partial charge in [-0.15, -0.1) is 0 Å². The normalized spacial score (nSPS) is 28.4. The summed E-state index contributed by atoms with van der Waals surface area (Å²) in [5, 5.41) is 3.51. The zero-order chi connectivity index (χ0) is 9.15. The summed E-state index contributed by atoms with van der Waals surface area (Å²) in [6.07, 6.45) is 5.60. The molecule has 2 rings (SSSR count). The zero-order valence-electron chi connectivity index (χ0n) is 8.81. The maximum absolute atomic E-state index is 3.51. The van der Waals surface area contributed by atoms with Crippen LogP contribution in [0.15, 0.2) is 0 Å². The molecule has 2 heteroatoms. The van der Waals surface area contributed by atoms with Crippen LogP contribution in [0.2, 0.25) is 0 Å². The Balaban J connectivity index is 1.81. The summed E-state index contributed by atoms with van der Waals surface area (Å²) >= 11 is 0.